The Bertz CT molecular complexity index is 1630. The van der Waals surface area contributed by atoms with Crippen molar-refractivity contribution in [3.8, 4) is 11.1 Å². The van der Waals surface area contributed by atoms with Crippen LogP contribution in [-0.2, 0) is 22.6 Å². The molecule has 0 saturated carbocycles. The summed E-state index contributed by atoms with van der Waals surface area (Å²) in [6.07, 6.45) is 6.56. The smallest absolute Gasteiger partial charge is 0.253 e. The zero-order chi connectivity index (χ0) is 36.9. The summed E-state index contributed by atoms with van der Waals surface area (Å²) in [4.78, 5) is 36.9. The van der Waals surface area contributed by atoms with Gasteiger partial charge in [0, 0.05) is 101 Å². The molecule has 0 spiro atoms. The van der Waals surface area contributed by atoms with E-state index in [1.165, 1.54) is 18.4 Å². The van der Waals surface area contributed by atoms with Crippen molar-refractivity contribution in [2.24, 2.45) is 5.73 Å². The Morgan fingerprint density at radius 1 is 0.942 bits per heavy atom. The molecular weight excluding hydrogens is 653 g/mol. The lowest BCUT2D eigenvalue weighted by atomic mass is 9.94. The van der Waals surface area contributed by atoms with Crippen LogP contribution in [0.15, 0.2) is 47.3 Å². The summed E-state index contributed by atoms with van der Waals surface area (Å²) >= 11 is 0. The number of amides is 1. The van der Waals surface area contributed by atoms with E-state index in [9.17, 15) is 9.59 Å². The van der Waals surface area contributed by atoms with Gasteiger partial charge in [0.1, 0.15) is 0 Å². The molecule has 284 valence electrons. The Labute approximate surface area is 311 Å². The molecule has 0 radical (unpaired) electrons. The molecular formula is C42H62N6O4. The van der Waals surface area contributed by atoms with E-state index in [0.717, 1.165) is 138 Å². The molecule has 1 amide bonds. The average molecular weight is 715 g/mol. The van der Waals surface area contributed by atoms with E-state index < -0.39 is 0 Å². The van der Waals surface area contributed by atoms with Crippen LogP contribution < -0.4 is 21.5 Å². The Kier molecular flexibility index (Phi) is 15.3. The second-order valence-corrected chi connectivity index (χ2v) is 14.6. The van der Waals surface area contributed by atoms with Gasteiger partial charge in [0.2, 0.25) is 0 Å². The van der Waals surface area contributed by atoms with Gasteiger partial charge < -0.3 is 30.4 Å². The number of nitrogens with one attached hydrogen (secondary N) is 2. The molecule has 2 saturated heterocycles. The van der Waals surface area contributed by atoms with Crippen molar-refractivity contribution in [2.75, 3.05) is 77.1 Å². The number of aryl methyl sites for hydroxylation is 2. The van der Waals surface area contributed by atoms with Crippen LogP contribution in [0.2, 0.25) is 0 Å². The zero-order valence-corrected chi connectivity index (χ0v) is 32.1. The second-order valence-electron chi connectivity index (χ2n) is 14.6. The lowest BCUT2D eigenvalue weighted by Crippen LogP contribution is -2.46. The van der Waals surface area contributed by atoms with Crippen molar-refractivity contribution >= 4 is 11.6 Å². The van der Waals surface area contributed by atoms with Crippen molar-refractivity contribution < 1.29 is 14.3 Å². The predicted octanol–water partition coefficient (Wildman–Crippen LogP) is 5.56. The van der Waals surface area contributed by atoms with Crippen LogP contribution in [0.4, 0.5) is 5.69 Å². The number of piperazine rings is 1. The third kappa shape index (κ3) is 11.0. The maximum Gasteiger partial charge on any atom is 0.253 e. The minimum Gasteiger partial charge on any atom is -0.381 e. The minimum absolute atomic E-state index is 0.159. The Balaban J connectivity index is 1.25. The number of unbranched alkanes of at least 4 members (excludes halogenated alkanes) is 3. The van der Waals surface area contributed by atoms with Crippen LogP contribution in [0.5, 0.6) is 0 Å². The number of nitrogens with two attached hydrogens (primary N) is 1. The molecule has 3 heterocycles. The Hall–Kier alpha value is -3.54. The number of benzene rings is 2. The summed E-state index contributed by atoms with van der Waals surface area (Å²) in [5.41, 5.74) is 13.7. The van der Waals surface area contributed by atoms with E-state index in [4.69, 9.17) is 15.2 Å². The quantitative estimate of drug-likeness (QED) is 0.147. The third-order valence-electron chi connectivity index (χ3n) is 10.8. The summed E-state index contributed by atoms with van der Waals surface area (Å²) in [6.45, 7) is 19.1. The van der Waals surface area contributed by atoms with E-state index in [1.54, 1.807) is 0 Å². The van der Waals surface area contributed by atoms with Gasteiger partial charge in [-0.1, -0.05) is 37.1 Å². The molecule has 2 aromatic carbocycles. The summed E-state index contributed by atoms with van der Waals surface area (Å²) < 4.78 is 11.6. The molecule has 5 rings (SSSR count). The fraction of sp³-hybridized carbons (Fsp3) is 0.571. The SMILES string of the molecule is CCN(c1cc(-c2ccc(CN3CCN(CCOCCCCCCN)CC3)cc2)cc(C(=O)NCc2c(C)cc(C)[nH]c2=O)c1C)C1CCOCC1. The molecule has 0 bridgehead atoms. The molecule has 2 aliphatic rings. The topological polar surface area (TPSA) is 116 Å². The Morgan fingerprint density at radius 3 is 2.35 bits per heavy atom. The van der Waals surface area contributed by atoms with Crippen molar-refractivity contribution in [2.45, 2.75) is 85.4 Å². The van der Waals surface area contributed by atoms with E-state index in [2.05, 4.69) is 62.3 Å². The number of carbonyl (C=O) groups excluding carboxylic acids is 1. The number of aromatic amines is 1. The molecule has 52 heavy (non-hydrogen) atoms. The number of hydrogen-bond acceptors (Lipinski definition) is 8. The molecule has 10 nitrogen and oxygen atoms in total. The number of carbonyl (C=O) groups is 1. The summed E-state index contributed by atoms with van der Waals surface area (Å²) in [5, 5.41) is 3.07. The number of anilines is 1. The van der Waals surface area contributed by atoms with Gasteiger partial charge in [0.05, 0.1) is 6.61 Å². The molecule has 3 aromatic rings. The first-order valence-electron chi connectivity index (χ1n) is 19.6. The largest absolute Gasteiger partial charge is 0.381 e. The highest BCUT2D eigenvalue weighted by atomic mass is 16.5. The Morgan fingerprint density at radius 2 is 1.65 bits per heavy atom. The van der Waals surface area contributed by atoms with Gasteiger partial charge in [-0.2, -0.15) is 0 Å². The predicted molar refractivity (Wildman–Crippen MR) is 211 cm³/mol. The van der Waals surface area contributed by atoms with Gasteiger partial charge in [-0.05, 0) is 106 Å². The van der Waals surface area contributed by atoms with E-state index in [1.807, 2.05) is 32.9 Å². The molecule has 10 heteroatoms. The normalized spacial score (nSPS) is 15.9. The first kappa shape index (κ1) is 39.7. The molecule has 1 aromatic heterocycles. The molecule has 0 aliphatic carbocycles. The van der Waals surface area contributed by atoms with Gasteiger partial charge >= 0.3 is 0 Å². The highest BCUT2D eigenvalue weighted by Crippen LogP contribution is 2.34. The summed E-state index contributed by atoms with van der Waals surface area (Å²) in [5.74, 6) is -0.177. The van der Waals surface area contributed by atoms with E-state index in [-0.39, 0.29) is 18.0 Å². The second kappa shape index (κ2) is 20.1. The van der Waals surface area contributed by atoms with Crippen LogP contribution in [0.1, 0.15) is 83.8 Å². The third-order valence-corrected chi connectivity index (χ3v) is 10.8. The monoisotopic (exact) mass is 714 g/mol. The van der Waals surface area contributed by atoms with Crippen molar-refractivity contribution in [1.29, 1.82) is 0 Å². The highest BCUT2D eigenvalue weighted by Gasteiger charge is 2.25. The molecule has 2 aliphatic heterocycles. The lowest BCUT2D eigenvalue weighted by Gasteiger charge is -2.37. The summed E-state index contributed by atoms with van der Waals surface area (Å²) in [6, 6.07) is 15.4. The number of rotatable bonds is 18. The number of nitrogens with zero attached hydrogens (tertiary/aromatic N) is 3. The fourth-order valence-corrected chi connectivity index (χ4v) is 7.62. The summed E-state index contributed by atoms with van der Waals surface area (Å²) in [7, 11) is 0. The standard InChI is InChI=1S/C42H62N6O4/c1-5-48(37-14-23-52-24-15-37)40-28-36(27-38(33(40)4)41(49)44-29-39-31(2)26-32(3)45-42(39)50)35-12-10-34(11-13-35)30-47-19-17-46(18-20-47)21-25-51-22-9-7-6-8-16-43/h10-13,26-28,37H,5-9,14-25,29-30,43H2,1-4H3,(H,44,49)(H,45,50). The van der Waals surface area contributed by atoms with Gasteiger partial charge in [0.25, 0.3) is 11.5 Å². The van der Waals surface area contributed by atoms with Crippen molar-refractivity contribution in [3.63, 3.8) is 0 Å². The number of H-pyrrole nitrogens is 1. The average Bonchev–Trinajstić information content (AvgIpc) is 3.14. The lowest BCUT2D eigenvalue weighted by molar-refractivity contribution is 0.0720. The van der Waals surface area contributed by atoms with Crippen LogP contribution >= 0.6 is 0 Å². The number of hydrogen-bond donors (Lipinski definition) is 3. The van der Waals surface area contributed by atoms with E-state index >= 15 is 0 Å². The zero-order valence-electron chi connectivity index (χ0n) is 32.1. The molecule has 0 atom stereocenters. The number of ether oxygens (including phenoxy) is 2. The van der Waals surface area contributed by atoms with Crippen LogP contribution in [0.25, 0.3) is 11.1 Å². The fourth-order valence-electron chi connectivity index (χ4n) is 7.62. The maximum absolute atomic E-state index is 13.9. The van der Waals surface area contributed by atoms with E-state index in [0.29, 0.717) is 17.2 Å². The first-order valence-corrected chi connectivity index (χ1v) is 19.6. The van der Waals surface area contributed by atoms with Gasteiger partial charge in [-0.25, -0.2) is 0 Å². The number of pyridine rings is 1. The van der Waals surface area contributed by atoms with Crippen molar-refractivity contribution in [3.05, 3.63) is 86.3 Å². The van der Waals surface area contributed by atoms with Gasteiger partial charge in [-0.15, -0.1) is 0 Å². The van der Waals surface area contributed by atoms with Crippen LogP contribution in [0, 0.1) is 20.8 Å². The minimum atomic E-state index is -0.177. The van der Waals surface area contributed by atoms with Crippen LogP contribution in [0.3, 0.4) is 0 Å². The molecule has 4 N–H and O–H groups in total. The maximum atomic E-state index is 13.9. The van der Waals surface area contributed by atoms with Gasteiger partial charge in [-0.3, -0.25) is 19.4 Å². The van der Waals surface area contributed by atoms with Crippen LogP contribution in [-0.4, -0.2) is 99.0 Å². The molecule has 0 unspecified atom stereocenters. The highest BCUT2D eigenvalue weighted by molar-refractivity contribution is 5.99. The first-order chi connectivity index (χ1) is 25.3. The number of aromatic nitrogens is 1. The van der Waals surface area contributed by atoms with Gasteiger partial charge in [0.15, 0.2) is 0 Å². The molecule has 2 fully saturated rings. The van der Waals surface area contributed by atoms with Crippen molar-refractivity contribution in [1.82, 2.24) is 20.1 Å².